The molecule has 0 aliphatic carbocycles. The highest BCUT2D eigenvalue weighted by molar-refractivity contribution is 5.93. The lowest BCUT2D eigenvalue weighted by atomic mass is 9.91. The summed E-state index contributed by atoms with van der Waals surface area (Å²) in [5.41, 5.74) is 2.80. The van der Waals surface area contributed by atoms with Crippen LogP contribution in [0.1, 0.15) is 77.6 Å². The van der Waals surface area contributed by atoms with Crippen LogP contribution in [0, 0.1) is 32.4 Å². The number of hydrogen-bond donors (Lipinski definition) is 2. The number of aryl methyl sites for hydroxylation is 2. The Hall–Kier alpha value is -5.24. The van der Waals surface area contributed by atoms with E-state index in [9.17, 15) is 19.1 Å². The SMILES string of the molecule is Cc1nc2cc(C(=O)NCc3ccc(F)cc3-n3ncnc3C)nn2c(-c2cc(F)c3c(c2C)CCCO3)c1C(OC(C)(C)C)C(=O)O. The van der Waals surface area contributed by atoms with Crippen molar-refractivity contribution >= 4 is 17.5 Å². The number of amides is 1. The number of nitrogens with one attached hydrogen (secondary N) is 1. The van der Waals surface area contributed by atoms with Crippen LogP contribution in [0.4, 0.5) is 8.78 Å². The molecule has 2 N–H and O–H groups in total. The number of carboxylic acid groups (broad SMARTS) is 1. The van der Waals surface area contributed by atoms with Crippen molar-refractivity contribution in [1.82, 2.24) is 34.7 Å². The highest BCUT2D eigenvalue weighted by Crippen LogP contribution is 2.41. The van der Waals surface area contributed by atoms with Gasteiger partial charge in [0.05, 0.1) is 23.6 Å². The second kappa shape index (κ2) is 12.4. The summed E-state index contributed by atoms with van der Waals surface area (Å²) in [7, 11) is 0. The lowest BCUT2D eigenvalue weighted by Gasteiger charge is -2.28. The minimum Gasteiger partial charge on any atom is -0.490 e. The number of halogens is 2. The molecule has 0 spiro atoms. The van der Waals surface area contributed by atoms with E-state index in [4.69, 9.17) is 9.47 Å². The summed E-state index contributed by atoms with van der Waals surface area (Å²) in [5.74, 6) is -2.19. The minimum absolute atomic E-state index is 0.00182. The van der Waals surface area contributed by atoms with Crippen molar-refractivity contribution in [1.29, 1.82) is 0 Å². The van der Waals surface area contributed by atoms with Crippen LogP contribution in [-0.2, 0) is 22.5 Å². The van der Waals surface area contributed by atoms with Gasteiger partial charge in [-0.25, -0.2) is 32.7 Å². The van der Waals surface area contributed by atoms with Gasteiger partial charge in [0.1, 0.15) is 18.0 Å². The van der Waals surface area contributed by atoms with Gasteiger partial charge in [-0.15, -0.1) is 0 Å². The fourth-order valence-corrected chi connectivity index (χ4v) is 5.99. The van der Waals surface area contributed by atoms with E-state index in [0.717, 1.165) is 0 Å². The molecule has 6 rings (SSSR count). The Morgan fingerprint density at radius 1 is 1.15 bits per heavy atom. The molecule has 0 radical (unpaired) electrons. The monoisotopic (exact) mass is 659 g/mol. The first-order valence-electron chi connectivity index (χ1n) is 15.4. The maximum atomic E-state index is 15.6. The standard InChI is InChI=1S/C34H35F2N7O5/c1-17-22-8-7-11-47-30(22)24(36)13-23(17)29-28(31(33(45)46)48-34(4,5)6)18(2)40-27-14-25(41-43(27)29)32(44)37-15-20-9-10-21(35)12-26(20)42-19(3)38-16-39-42/h9-10,12-14,16,31H,7-8,11,15H2,1-6H3,(H,37,44)(H,45,46). The number of carboxylic acids is 1. The van der Waals surface area contributed by atoms with E-state index in [1.807, 2.05) is 6.92 Å². The number of aliphatic carboxylic acids is 1. The molecule has 5 aromatic rings. The average Bonchev–Trinajstić information content (AvgIpc) is 3.66. The van der Waals surface area contributed by atoms with E-state index in [1.54, 1.807) is 40.7 Å². The largest absolute Gasteiger partial charge is 0.490 e. The predicted molar refractivity (Wildman–Crippen MR) is 170 cm³/mol. The molecule has 0 saturated carbocycles. The van der Waals surface area contributed by atoms with Crippen molar-refractivity contribution < 1.29 is 33.0 Å². The van der Waals surface area contributed by atoms with Gasteiger partial charge in [0.2, 0.25) is 0 Å². The molecule has 0 saturated heterocycles. The summed E-state index contributed by atoms with van der Waals surface area (Å²) in [6, 6.07) is 6.90. The molecule has 1 aliphatic rings. The topological polar surface area (TPSA) is 146 Å². The van der Waals surface area contributed by atoms with E-state index >= 15 is 4.39 Å². The number of benzene rings is 2. The van der Waals surface area contributed by atoms with Crippen LogP contribution in [0.25, 0.3) is 22.6 Å². The molecule has 1 atom stereocenters. The van der Waals surface area contributed by atoms with Crippen LogP contribution in [-0.4, -0.2) is 58.6 Å². The van der Waals surface area contributed by atoms with Crippen molar-refractivity contribution in [3.05, 3.63) is 87.8 Å². The molecule has 0 fully saturated rings. The number of fused-ring (bicyclic) bond motifs is 2. The summed E-state index contributed by atoms with van der Waals surface area (Å²) in [5, 5.41) is 22.0. The maximum Gasteiger partial charge on any atom is 0.337 e. The number of ether oxygens (including phenoxy) is 2. The molecule has 12 nitrogen and oxygen atoms in total. The van der Waals surface area contributed by atoms with Gasteiger partial charge < -0.3 is 19.9 Å². The van der Waals surface area contributed by atoms with Crippen molar-refractivity contribution in [2.45, 2.75) is 72.6 Å². The van der Waals surface area contributed by atoms with Gasteiger partial charge >= 0.3 is 5.97 Å². The van der Waals surface area contributed by atoms with Gasteiger partial charge in [-0.1, -0.05) is 6.07 Å². The van der Waals surface area contributed by atoms with Crippen LogP contribution < -0.4 is 10.1 Å². The third-order valence-corrected chi connectivity index (χ3v) is 8.14. The van der Waals surface area contributed by atoms with Crippen LogP contribution >= 0.6 is 0 Å². The second-order valence-electron chi connectivity index (χ2n) is 12.7. The summed E-state index contributed by atoms with van der Waals surface area (Å²) < 4.78 is 44.3. The fourth-order valence-electron chi connectivity index (χ4n) is 5.99. The Kier molecular flexibility index (Phi) is 8.45. The zero-order valence-corrected chi connectivity index (χ0v) is 27.4. The molecule has 4 heterocycles. The van der Waals surface area contributed by atoms with Crippen LogP contribution in [0.15, 0.2) is 36.7 Å². The minimum atomic E-state index is -1.50. The van der Waals surface area contributed by atoms with Gasteiger partial charge in [-0.3, -0.25) is 4.79 Å². The number of rotatable bonds is 8. The van der Waals surface area contributed by atoms with E-state index in [0.29, 0.717) is 58.9 Å². The number of nitrogens with zero attached hydrogens (tertiary/aromatic N) is 6. The lowest BCUT2D eigenvalue weighted by Crippen LogP contribution is -2.29. The summed E-state index contributed by atoms with van der Waals surface area (Å²) in [4.78, 5) is 35.0. The third kappa shape index (κ3) is 6.10. The van der Waals surface area contributed by atoms with E-state index in [1.165, 1.54) is 39.8 Å². The Morgan fingerprint density at radius 2 is 1.92 bits per heavy atom. The Balaban J connectivity index is 1.47. The molecule has 1 unspecified atom stereocenters. The van der Waals surface area contributed by atoms with E-state index < -0.39 is 35.2 Å². The Morgan fingerprint density at radius 3 is 2.60 bits per heavy atom. The van der Waals surface area contributed by atoms with Crippen LogP contribution in [0.3, 0.4) is 0 Å². The molecule has 1 amide bonds. The molecule has 0 bridgehead atoms. The van der Waals surface area contributed by atoms with E-state index in [-0.39, 0.29) is 34.9 Å². The number of carbonyl (C=O) groups excluding carboxylic acids is 1. The number of hydrogen-bond acceptors (Lipinski definition) is 8. The van der Waals surface area contributed by atoms with Crippen molar-refractivity contribution in [3.63, 3.8) is 0 Å². The number of carbonyl (C=O) groups is 2. The fraction of sp³-hybridized carbons (Fsp3) is 0.353. The van der Waals surface area contributed by atoms with Gasteiger partial charge in [0.15, 0.2) is 29.0 Å². The van der Waals surface area contributed by atoms with Crippen LogP contribution in [0.5, 0.6) is 5.75 Å². The number of aromatic nitrogens is 6. The molecule has 1 aliphatic heterocycles. The summed E-state index contributed by atoms with van der Waals surface area (Å²) in [6.45, 7) is 10.8. The maximum absolute atomic E-state index is 15.6. The normalized spacial score (nSPS) is 13.7. The molecule has 14 heteroatoms. The quantitative estimate of drug-likeness (QED) is 0.224. The molecule has 250 valence electrons. The predicted octanol–water partition coefficient (Wildman–Crippen LogP) is 5.38. The molecular weight excluding hydrogens is 624 g/mol. The third-order valence-electron chi connectivity index (χ3n) is 8.14. The average molecular weight is 660 g/mol. The molecule has 2 aromatic carbocycles. The first-order valence-corrected chi connectivity index (χ1v) is 15.4. The van der Waals surface area contributed by atoms with Crippen molar-refractivity contribution in [2.24, 2.45) is 0 Å². The highest BCUT2D eigenvalue weighted by Gasteiger charge is 2.35. The van der Waals surface area contributed by atoms with Crippen molar-refractivity contribution in [2.75, 3.05) is 6.61 Å². The van der Waals surface area contributed by atoms with Crippen molar-refractivity contribution in [3.8, 4) is 22.7 Å². The smallest absolute Gasteiger partial charge is 0.337 e. The summed E-state index contributed by atoms with van der Waals surface area (Å²) in [6.07, 6.45) is 1.12. The summed E-state index contributed by atoms with van der Waals surface area (Å²) >= 11 is 0. The molecule has 48 heavy (non-hydrogen) atoms. The Labute approximate surface area is 274 Å². The molecular formula is C34H35F2N7O5. The van der Waals surface area contributed by atoms with Gasteiger partial charge in [-0.2, -0.15) is 10.2 Å². The van der Waals surface area contributed by atoms with Gasteiger partial charge in [-0.05, 0) is 83.7 Å². The van der Waals surface area contributed by atoms with Crippen LogP contribution in [0.2, 0.25) is 0 Å². The molecule has 3 aromatic heterocycles. The first kappa shape index (κ1) is 32.7. The highest BCUT2D eigenvalue weighted by atomic mass is 19.1. The second-order valence-corrected chi connectivity index (χ2v) is 12.7. The zero-order chi connectivity index (χ0) is 34.5. The van der Waals surface area contributed by atoms with Gasteiger partial charge in [0.25, 0.3) is 5.91 Å². The van der Waals surface area contributed by atoms with E-state index in [2.05, 4.69) is 25.5 Å². The van der Waals surface area contributed by atoms with Gasteiger partial charge in [0, 0.05) is 35.0 Å². The zero-order valence-electron chi connectivity index (χ0n) is 27.4. The lowest BCUT2D eigenvalue weighted by molar-refractivity contribution is -0.160. The Bertz CT molecular complexity index is 2080. The first-order chi connectivity index (χ1) is 22.7.